The number of rotatable bonds is 5. The standard InChI is InChI=1S/C15H23NO2/c1-11-6-8-12(9-7-11)10-16-15(4,5)14(2,3)13(17)18/h6-9,16H,10H2,1-5H3,(H,17,18). The van der Waals surface area contributed by atoms with Crippen LogP contribution in [0.3, 0.4) is 0 Å². The Morgan fingerprint density at radius 2 is 1.67 bits per heavy atom. The third kappa shape index (κ3) is 3.10. The Balaban J connectivity index is 2.73. The number of aryl methyl sites for hydroxylation is 1. The Bertz CT molecular complexity index is 419. The molecule has 0 bridgehead atoms. The molecule has 0 saturated heterocycles. The first-order chi connectivity index (χ1) is 8.17. The van der Waals surface area contributed by atoms with Gasteiger partial charge in [-0.3, -0.25) is 4.79 Å². The number of hydrogen-bond acceptors (Lipinski definition) is 2. The SMILES string of the molecule is Cc1ccc(CNC(C)(C)C(C)(C)C(=O)O)cc1. The lowest BCUT2D eigenvalue weighted by Gasteiger charge is -2.39. The average molecular weight is 249 g/mol. The monoisotopic (exact) mass is 249 g/mol. The molecular formula is C15H23NO2. The van der Waals surface area contributed by atoms with Crippen LogP contribution in [0.2, 0.25) is 0 Å². The molecular weight excluding hydrogens is 226 g/mol. The molecule has 0 aromatic heterocycles. The molecule has 1 aromatic carbocycles. The van der Waals surface area contributed by atoms with Crippen LogP contribution in [0.5, 0.6) is 0 Å². The number of carbonyl (C=O) groups is 1. The highest BCUT2D eigenvalue weighted by Gasteiger charge is 2.42. The smallest absolute Gasteiger partial charge is 0.310 e. The third-order valence-corrected chi connectivity index (χ3v) is 3.95. The highest BCUT2D eigenvalue weighted by Crippen LogP contribution is 2.30. The normalized spacial score (nSPS) is 12.5. The lowest BCUT2D eigenvalue weighted by Crippen LogP contribution is -2.54. The van der Waals surface area contributed by atoms with Gasteiger partial charge in [0.1, 0.15) is 0 Å². The van der Waals surface area contributed by atoms with Crippen LogP contribution in [0.4, 0.5) is 0 Å². The van der Waals surface area contributed by atoms with E-state index in [1.807, 2.05) is 13.8 Å². The minimum absolute atomic E-state index is 0.482. The molecule has 0 aliphatic rings. The van der Waals surface area contributed by atoms with Gasteiger partial charge in [0.2, 0.25) is 0 Å². The zero-order chi connectivity index (χ0) is 14.0. The van der Waals surface area contributed by atoms with E-state index >= 15 is 0 Å². The Kier molecular flexibility index (Phi) is 4.17. The maximum Gasteiger partial charge on any atom is 0.310 e. The van der Waals surface area contributed by atoms with E-state index in [2.05, 4.69) is 36.5 Å². The predicted molar refractivity (Wildman–Crippen MR) is 73.5 cm³/mol. The van der Waals surface area contributed by atoms with Gasteiger partial charge in [0.05, 0.1) is 5.41 Å². The number of nitrogens with one attached hydrogen (secondary N) is 1. The molecule has 0 aliphatic heterocycles. The quantitative estimate of drug-likeness (QED) is 0.843. The second kappa shape index (κ2) is 5.11. The van der Waals surface area contributed by atoms with Crippen molar-refractivity contribution in [2.45, 2.75) is 46.7 Å². The summed E-state index contributed by atoms with van der Waals surface area (Å²) in [6.45, 7) is 10.1. The van der Waals surface area contributed by atoms with Crippen molar-refractivity contribution in [3.8, 4) is 0 Å². The third-order valence-electron chi connectivity index (χ3n) is 3.95. The van der Waals surface area contributed by atoms with Crippen molar-refractivity contribution in [1.82, 2.24) is 5.32 Å². The zero-order valence-corrected chi connectivity index (χ0v) is 11.9. The molecule has 100 valence electrons. The van der Waals surface area contributed by atoms with Crippen molar-refractivity contribution in [3.05, 3.63) is 35.4 Å². The zero-order valence-electron chi connectivity index (χ0n) is 11.9. The summed E-state index contributed by atoms with van der Waals surface area (Å²) in [4.78, 5) is 11.3. The first-order valence-electron chi connectivity index (χ1n) is 6.21. The van der Waals surface area contributed by atoms with Gasteiger partial charge in [0.25, 0.3) is 0 Å². The van der Waals surface area contributed by atoms with Crippen LogP contribution >= 0.6 is 0 Å². The minimum Gasteiger partial charge on any atom is -0.481 e. The first-order valence-corrected chi connectivity index (χ1v) is 6.21. The lowest BCUT2D eigenvalue weighted by atomic mass is 9.74. The van der Waals surface area contributed by atoms with Crippen LogP contribution < -0.4 is 5.32 Å². The van der Waals surface area contributed by atoms with Crippen LogP contribution in [0.25, 0.3) is 0 Å². The van der Waals surface area contributed by atoms with Crippen LogP contribution in [0.15, 0.2) is 24.3 Å². The first kappa shape index (κ1) is 14.7. The topological polar surface area (TPSA) is 49.3 Å². The number of benzene rings is 1. The summed E-state index contributed by atoms with van der Waals surface area (Å²) < 4.78 is 0. The second-order valence-corrected chi connectivity index (χ2v) is 5.89. The minimum atomic E-state index is -0.822. The molecule has 1 rings (SSSR count). The highest BCUT2D eigenvalue weighted by atomic mass is 16.4. The molecule has 18 heavy (non-hydrogen) atoms. The molecule has 3 heteroatoms. The molecule has 0 unspecified atom stereocenters. The fourth-order valence-corrected chi connectivity index (χ4v) is 1.52. The maximum absolute atomic E-state index is 11.3. The molecule has 0 aliphatic carbocycles. The summed E-state index contributed by atoms with van der Waals surface area (Å²) >= 11 is 0. The van der Waals surface area contributed by atoms with E-state index in [1.165, 1.54) is 5.56 Å². The van der Waals surface area contributed by atoms with Gasteiger partial charge in [-0.2, -0.15) is 0 Å². The average Bonchev–Trinajstić information content (AvgIpc) is 2.28. The van der Waals surface area contributed by atoms with E-state index < -0.39 is 16.9 Å². The summed E-state index contributed by atoms with van der Waals surface area (Å²) in [6.07, 6.45) is 0. The van der Waals surface area contributed by atoms with E-state index in [0.29, 0.717) is 6.54 Å². The van der Waals surface area contributed by atoms with Crippen molar-refractivity contribution in [2.24, 2.45) is 5.41 Å². The second-order valence-electron chi connectivity index (χ2n) is 5.89. The Morgan fingerprint density at radius 3 is 2.11 bits per heavy atom. The van der Waals surface area contributed by atoms with Crippen LogP contribution in [0.1, 0.15) is 38.8 Å². The molecule has 0 atom stereocenters. The Morgan fingerprint density at radius 1 is 1.17 bits per heavy atom. The van der Waals surface area contributed by atoms with Gasteiger partial charge < -0.3 is 10.4 Å². The summed E-state index contributed by atoms with van der Waals surface area (Å²) in [7, 11) is 0. The van der Waals surface area contributed by atoms with Gasteiger partial charge >= 0.3 is 5.97 Å². The van der Waals surface area contributed by atoms with Crippen molar-refractivity contribution in [3.63, 3.8) is 0 Å². The number of hydrogen-bond donors (Lipinski definition) is 2. The van der Waals surface area contributed by atoms with Gasteiger partial charge in [-0.25, -0.2) is 0 Å². The van der Waals surface area contributed by atoms with Gasteiger partial charge in [0.15, 0.2) is 0 Å². The van der Waals surface area contributed by atoms with Gasteiger partial charge in [-0.1, -0.05) is 29.8 Å². The lowest BCUT2D eigenvalue weighted by molar-refractivity contribution is -0.151. The summed E-state index contributed by atoms with van der Waals surface area (Å²) in [5.74, 6) is -0.788. The van der Waals surface area contributed by atoms with Gasteiger partial charge in [0, 0.05) is 12.1 Å². The summed E-state index contributed by atoms with van der Waals surface area (Å²) in [5, 5.41) is 12.6. The van der Waals surface area contributed by atoms with Gasteiger partial charge in [-0.15, -0.1) is 0 Å². The molecule has 1 aromatic rings. The van der Waals surface area contributed by atoms with Crippen molar-refractivity contribution < 1.29 is 9.90 Å². The largest absolute Gasteiger partial charge is 0.481 e. The van der Waals surface area contributed by atoms with E-state index in [9.17, 15) is 9.90 Å². The van der Waals surface area contributed by atoms with E-state index in [0.717, 1.165) is 5.56 Å². The molecule has 0 radical (unpaired) electrons. The number of carboxylic acid groups (broad SMARTS) is 1. The van der Waals surface area contributed by atoms with Crippen molar-refractivity contribution in [1.29, 1.82) is 0 Å². The summed E-state index contributed by atoms with van der Waals surface area (Å²) in [5.41, 5.74) is 1.08. The predicted octanol–water partition coefficient (Wildman–Crippen LogP) is 2.97. The molecule has 0 amide bonds. The Hall–Kier alpha value is -1.35. The van der Waals surface area contributed by atoms with Crippen LogP contribution in [0, 0.1) is 12.3 Å². The fraction of sp³-hybridized carbons (Fsp3) is 0.533. The maximum atomic E-state index is 11.3. The Labute approximate surface area is 109 Å². The molecule has 0 fully saturated rings. The molecule has 2 N–H and O–H groups in total. The van der Waals surface area contributed by atoms with E-state index in [4.69, 9.17) is 0 Å². The summed E-state index contributed by atoms with van der Waals surface area (Å²) in [6, 6.07) is 8.25. The molecule has 0 spiro atoms. The number of carboxylic acids is 1. The molecule has 0 saturated carbocycles. The van der Waals surface area contributed by atoms with Crippen molar-refractivity contribution >= 4 is 5.97 Å². The molecule has 0 heterocycles. The fourth-order valence-electron chi connectivity index (χ4n) is 1.52. The van der Waals surface area contributed by atoms with E-state index in [1.54, 1.807) is 13.8 Å². The molecule has 3 nitrogen and oxygen atoms in total. The van der Waals surface area contributed by atoms with E-state index in [-0.39, 0.29) is 0 Å². The van der Waals surface area contributed by atoms with Crippen molar-refractivity contribution in [2.75, 3.05) is 0 Å². The van der Waals surface area contributed by atoms with Gasteiger partial charge in [-0.05, 0) is 40.2 Å². The van der Waals surface area contributed by atoms with Crippen LogP contribution in [-0.4, -0.2) is 16.6 Å². The van der Waals surface area contributed by atoms with Crippen LogP contribution in [-0.2, 0) is 11.3 Å². The number of aliphatic carboxylic acids is 1. The highest BCUT2D eigenvalue weighted by molar-refractivity contribution is 5.75.